The summed E-state index contributed by atoms with van der Waals surface area (Å²) in [7, 11) is 0. The number of nitrogens with one attached hydrogen (secondary N) is 1. The Balaban J connectivity index is 2.78. The van der Waals surface area contributed by atoms with Crippen molar-refractivity contribution in [2.45, 2.75) is 18.3 Å². The van der Waals surface area contributed by atoms with E-state index < -0.39 is 57.1 Å². The maximum absolute atomic E-state index is 13.6. The Kier molecular flexibility index (Phi) is 4.71. The first-order valence-corrected chi connectivity index (χ1v) is 6.57. The number of rotatable bonds is 3. The van der Waals surface area contributed by atoms with Crippen molar-refractivity contribution in [3.05, 3.63) is 56.0 Å². The van der Waals surface area contributed by atoms with Gasteiger partial charge in [0.1, 0.15) is 17.1 Å². The molecule has 1 N–H and O–H groups in total. The molecule has 2 rings (SSSR count). The van der Waals surface area contributed by atoms with Crippen molar-refractivity contribution in [2.75, 3.05) is 0 Å². The molecule has 0 aliphatic carbocycles. The molecule has 0 saturated heterocycles. The molecule has 1 heterocycles. The smallest absolute Gasteiger partial charge is 0.306 e. The molecular weight excluding hydrogens is 398 g/mol. The number of nitro groups is 1. The van der Waals surface area contributed by atoms with E-state index in [0.29, 0.717) is 0 Å². The van der Waals surface area contributed by atoms with Gasteiger partial charge in [0.2, 0.25) is 0 Å². The number of aromatic amines is 1. The summed E-state index contributed by atoms with van der Waals surface area (Å²) in [5.74, 6) is -7.14. The molecule has 0 amide bonds. The average molecular weight is 403 g/mol. The van der Waals surface area contributed by atoms with Gasteiger partial charge in [-0.3, -0.25) is 14.9 Å². The van der Waals surface area contributed by atoms with Gasteiger partial charge in [-0.2, -0.15) is 35.1 Å². The third-order valence-electron chi connectivity index (χ3n) is 3.21. The summed E-state index contributed by atoms with van der Waals surface area (Å²) in [6.07, 6.45) is -12.3. The lowest BCUT2D eigenvalue weighted by molar-refractivity contribution is -0.384. The van der Waals surface area contributed by atoms with Crippen LogP contribution in [0.25, 0.3) is 11.4 Å². The summed E-state index contributed by atoms with van der Waals surface area (Å²) >= 11 is 0. The third-order valence-corrected chi connectivity index (χ3v) is 3.21. The van der Waals surface area contributed by atoms with Crippen molar-refractivity contribution in [1.82, 2.24) is 9.97 Å². The Bertz CT molecular complexity index is 932. The predicted molar refractivity (Wildman–Crippen MR) is 71.9 cm³/mol. The van der Waals surface area contributed by atoms with Crippen LogP contribution in [0.2, 0.25) is 0 Å². The Morgan fingerprint density at radius 3 is 1.89 bits per heavy atom. The first-order valence-electron chi connectivity index (χ1n) is 6.57. The molecule has 0 spiro atoms. The number of alkyl halides is 8. The highest BCUT2D eigenvalue weighted by Crippen LogP contribution is 2.46. The third kappa shape index (κ3) is 3.73. The first kappa shape index (κ1) is 20.3. The molecule has 0 bridgehead atoms. The number of hydrogen-bond acceptors (Lipinski definition) is 4. The highest BCUT2D eigenvalue weighted by Gasteiger charge is 2.63. The van der Waals surface area contributed by atoms with E-state index in [0.717, 1.165) is 24.3 Å². The van der Waals surface area contributed by atoms with Crippen LogP contribution >= 0.6 is 0 Å². The van der Waals surface area contributed by atoms with Crippen LogP contribution in [0.1, 0.15) is 11.3 Å². The number of aromatic nitrogens is 2. The summed E-state index contributed by atoms with van der Waals surface area (Å²) in [5, 5.41) is 10.5. The maximum Gasteiger partial charge on any atom is 0.459 e. The van der Waals surface area contributed by atoms with Crippen LogP contribution in [0.4, 0.5) is 40.8 Å². The van der Waals surface area contributed by atoms with Gasteiger partial charge in [0.15, 0.2) is 0 Å². The van der Waals surface area contributed by atoms with Gasteiger partial charge in [-0.25, -0.2) is 4.98 Å². The molecule has 6 nitrogen and oxygen atoms in total. The zero-order valence-corrected chi connectivity index (χ0v) is 12.5. The van der Waals surface area contributed by atoms with E-state index in [4.69, 9.17) is 0 Å². The monoisotopic (exact) mass is 403 g/mol. The van der Waals surface area contributed by atoms with Gasteiger partial charge in [-0.15, -0.1) is 0 Å². The van der Waals surface area contributed by atoms with E-state index in [2.05, 4.69) is 4.98 Å². The Hall–Kier alpha value is -3.06. The summed E-state index contributed by atoms with van der Waals surface area (Å²) in [4.78, 5) is 25.4. The quantitative estimate of drug-likeness (QED) is 0.476. The van der Waals surface area contributed by atoms with Gasteiger partial charge in [0.05, 0.1) is 4.92 Å². The molecular formula is C13H5F8N3O3. The molecule has 2 aromatic rings. The molecule has 1 aromatic heterocycles. The van der Waals surface area contributed by atoms with Crippen LogP contribution in [-0.2, 0) is 12.1 Å². The molecule has 27 heavy (non-hydrogen) atoms. The minimum absolute atomic E-state index is 0.425. The zero-order valence-electron chi connectivity index (χ0n) is 12.5. The van der Waals surface area contributed by atoms with E-state index in [1.165, 1.54) is 4.98 Å². The summed E-state index contributed by atoms with van der Waals surface area (Å²) in [6, 6.07) is 3.18. The number of H-pyrrole nitrogens is 1. The minimum atomic E-state index is -6.46. The van der Waals surface area contributed by atoms with E-state index >= 15 is 0 Å². The van der Waals surface area contributed by atoms with Crippen molar-refractivity contribution in [2.24, 2.45) is 0 Å². The van der Waals surface area contributed by atoms with Gasteiger partial charge in [-0.1, -0.05) is 0 Å². The average Bonchev–Trinajstić information content (AvgIpc) is 2.51. The summed E-state index contributed by atoms with van der Waals surface area (Å²) < 4.78 is 103. The SMILES string of the molecule is O=c1[nH]c(-c2ccc([N+](=O)[O-])cc2)nc(C(F)(F)C(F)(F)F)c1C(F)(F)F. The normalized spacial score (nSPS) is 12.9. The molecule has 0 aliphatic rings. The van der Waals surface area contributed by atoms with Crippen LogP contribution in [0.15, 0.2) is 29.1 Å². The minimum Gasteiger partial charge on any atom is -0.306 e. The van der Waals surface area contributed by atoms with Gasteiger partial charge in [0.25, 0.3) is 11.2 Å². The predicted octanol–water partition coefficient (Wildman–Crippen LogP) is 4.02. The van der Waals surface area contributed by atoms with Gasteiger partial charge in [0, 0.05) is 17.7 Å². The summed E-state index contributed by atoms with van der Waals surface area (Å²) in [6.45, 7) is 0. The summed E-state index contributed by atoms with van der Waals surface area (Å²) in [5.41, 5.74) is -8.82. The second kappa shape index (κ2) is 6.28. The molecule has 0 fully saturated rings. The van der Waals surface area contributed by atoms with Crippen molar-refractivity contribution < 1.29 is 40.0 Å². The topological polar surface area (TPSA) is 88.9 Å². The molecule has 0 aliphatic heterocycles. The standard InChI is InChI=1S/C13H5F8N3O3/c14-11(15,13(19,20)21)8-7(12(16,17)18)10(25)23-9(22-8)5-1-3-6(4-2-5)24(26)27/h1-4H,(H,22,23,25). The second-order valence-electron chi connectivity index (χ2n) is 5.01. The Labute approximate surface area is 142 Å². The van der Waals surface area contributed by atoms with Gasteiger partial charge >= 0.3 is 18.3 Å². The van der Waals surface area contributed by atoms with Crippen LogP contribution in [0, 0.1) is 10.1 Å². The largest absolute Gasteiger partial charge is 0.459 e. The number of benzene rings is 1. The molecule has 0 atom stereocenters. The second-order valence-corrected chi connectivity index (χ2v) is 5.01. The fraction of sp³-hybridized carbons (Fsp3) is 0.231. The van der Waals surface area contributed by atoms with E-state index in [1.54, 1.807) is 0 Å². The first-order chi connectivity index (χ1) is 12.2. The number of halogens is 8. The molecule has 14 heteroatoms. The Morgan fingerprint density at radius 1 is 0.963 bits per heavy atom. The van der Waals surface area contributed by atoms with E-state index in [-0.39, 0.29) is 0 Å². The fourth-order valence-corrected chi connectivity index (χ4v) is 1.98. The molecule has 0 saturated carbocycles. The lowest BCUT2D eigenvalue weighted by atomic mass is 10.1. The van der Waals surface area contributed by atoms with E-state index in [1.807, 2.05) is 0 Å². The highest BCUT2D eigenvalue weighted by atomic mass is 19.4. The lowest BCUT2D eigenvalue weighted by Crippen LogP contribution is -2.40. The van der Waals surface area contributed by atoms with E-state index in [9.17, 15) is 50.0 Å². The number of nitro benzene ring substituents is 1. The van der Waals surface area contributed by atoms with Crippen molar-refractivity contribution >= 4 is 5.69 Å². The van der Waals surface area contributed by atoms with Crippen LogP contribution in [0.3, 0.4) is 0 Å². The number of nitrogens with zero attached hydrogens (tertiary/aromatic N) is 2. The lowest BCUT2D eigenvalue weighted by Gasteiger charge is -2.22. The molecule has 1 aromatic carbocycles. The number of non-ortho nitro benzene ring substituents is 1. The molecule has 0 unspecified atom stereocenters. The highest BCUT2D eigenvalue weighted by molar-refractivity contribution is 5.57. The van der Waals surface area contributed by atoms with Crippen molar-refractivity contribution in [3.8, 4) is 11.4 Å². The van der Waals surface area contributed by atoms with Gasteiger partial charge < -0.3 is 4.98 Å². The molecule has 146 valence electrons. The zero-order chi connectivity index (χ0) is 20.8. The van der Waals surface area contributed by atoms with Crippen molar-refractivity contribution in [1.29, 1.82) is 0 Å². The van der Waals surface area contributed by atoms with Crippen LogP contribution in [-0.4, -0.2) is 21.1 Å². The Morgan fingerprint density at radius 2 is 1.48 bits per heavy atom. The number of hydrogen-bond donors (Lipinski definition) is 1. The van der Waals surface area contributed by atoms with Crippen LogP contribution in [0.5, 0.6) is 0 Å². The fourth-order valence-electron chi connectivity index (χ4n) is 1.98. The van der Waals surface area contributed by atoms with Gasteiger partial charge in [-0.05, 0) is 12.1 Å². The molecule has 0 radical (unpaired) electrons. The maximum atomic E-state index is 13.6. The van der Waals surface area contributed by atoms with Crippen molar-refractivity contribution in [3.63, 3.8) is 0 Å². The van der Waals surface area contributed by atoms with Crippen LogP contribution < -0.4 is 5.56 Å².